The number of rotatable bonds is 5. The Balaban J connectivity index is 1.43. The highest BCUT2D eigenvalue weighted by molar-refractivity contribution is 6.05. The van der Waals surface area contributed by atoms with Gasteiger partial charge in [0.2, 0.25) is 0 Å². The molecule has 0 aliphatic carbocycles. The molecule has 0 spiro atoms. The van der Waals surface area contributed by atoms with Crippen molar-refractivity contribution >= 4 is 23.2 Å². The van der Waals surface area contributed by atoms with Gasteiger partial charge in [-0.1, -0.05) is 42.5 Å². The maximum atomic E-state index is 12.6. The van der Waals surface area contributed by atoms with E-state index in [1.54, 1.807) is 24.3 Å². The molecule has 0 fully saturated rings. The van der Waals surface area contributed by atoms with Gasteiger partial charge in [-0.15, -0.1) is 0 Å². The van der Waals surface area contributed by atoms with Gasteiger partial charge in [0.05, 0.1) is 6.26 Å². The predicted molar refractivity (Wildman–Crippen MR) is 118 cm³/mol. The molecule has 1 aromatic heterocycles. The van der Waals surface area contributed by atoms with E-state index in [1.807, 2.05) is 67.6 Å². The lowest BCUT2D eigenvalue weighted by atomic mass is 10.0. The average molecular weight is 396 g/mol. The molecule has 4 rings (SSSR count). The third-order valence-corrected chi connectivity index (χ3v) is 4.73. The molecule has 148 valence electrons. The Kier molecular flexibility index (Phi) is 5.44. The molecule has 5 heteroatoms. The summed E-state index contributed by atoms with van der Waals surface area (Å²) in [5, 5.41) is 5.70. The first-order chi connectivity index (χ1) is 14.6. The van der Waals surface area contributed by atoms with Gasteiger partial charge >= 0.3 is 0 Å². The molecule has 5 nitrogen and oxygen atoms in total. The van der Waals surface area contributed by atoms with Crippen molar-refractivity contribution in [3.63, 3.8) is 0 Å². The highest BCUT2D eigenvalue weighted by Gasteiger charge is 2.12. The van der Waals surface area contributed by atoms with Gasteiger partial charge < -0.3 is 15.1 Å². The molecule has 0 radical (unpaired) electrons. The molecule has 0 saturated carbocycles. The number of carbonyl (C=O) groups excluding carboxylic acids is 2. The lowest BCUT2D eigenvalue weighted by molar-refractivity contribution is 0.0994. The van der Waals surface area contributed by atoms with E-state index in [1.165, 1.54) is 6.26 Å². The molecule has 0 bridgehead atoms. The summed E-state index contributed by atoms with van der Waals surface area (Å²) < 4.78 is 5.10. The minimum Gasteiger partial charge on any atom is -0.459 e. The lowest BCUT2D eigenvalue weighted by Crippen LogP contribution is -2.13. The van der Waals surface area contributed by atoms with Crippen LogP contribution in [0.1, 0.15) is 26.5 Å². The van der Waals surface area contributed by atoms with Crippen molar-refractivity contribution in [2.75, 3.05) is 10.6 Å². The fourth-order valence-electron chi connectivity index (χ4n) is 3.12. The quantitative estimate of drug-likeness (QED) is 0.450. The first kappa shape index (κ1) is 19.2. The van der Waals surface area contributed by atoms with Crippen LogP contribution in [0.2, 0.25) is 0 Å². The van der Waals surface area contributed by atoms with Crippen molar-refractivity contribution in [1.29, 1.82) is 0 Å². The fourth-order valence-corrected chi connectivity index (χ4v) is 3.12. The zero-order chi connectivity index (χ0) is 20.9. The zero-order valence-corrected chi connectivity index (χ0v) is 16.4. The van der Waals surface area contributed by atoms with Gasteiger partial charge in [-0.2, -0.15) is 0 Å². The van der Waals surface area contributed by atoms with Crippen molar-refractivity contribution in [1.82, 2.24) is 0 Å². The first-order valence-corrected chi connectivity index (χ1v) is 9.52. The summed E-state index contributed by atoms with van der Waals surface area (Å²) in [6, 6.07) is 26.1. The van der Waals surface area contributed by atoms with Crippen LogP contribution in [0.25, 0.3) is 11.1 Å². The molecule has 0 saturated heterocycles. The number of amides is 2. The summed E-state index contributed by atoms with van der Waals surface area (Å²) in [6.45, 7) is 1.86. The Morgan fingerprint density at radius 2 is 1.47 bits per heavy atom. The molecule has 0 atom stereocenters. The van der Waals surface area contributed by atoms with Crippen molar-refractivity contribution in [3.05, 3.63) is 108 Å². The normalized spacial score (nSPS) is 10.4. The van der Waals surface area contributed by atoms with Gasteiger partial charge in [0.1, 0.15) is 0 Å². The monoisotopic (exact) mass is 396 g/mol. The maximum absolute atomic E-state index is 12.6. The molecule has 30 heavy (non-hydrogen) atoms. The molecule has 0 aliphatic heterocycles. The summed E-state index contributed by atoms with van der Waals surface area (Å²) in [4.78, 5) is 24.7. The van der Waals surface area contributed by atoms with Gasteiger partial charge in [0, 0.05) is 16.9 Å². The van der Waals surface area contributed by atoms with Gasteiger partial charge in [-0.3, -0.25) is 9.59 Å². The Labute approximate surface area is 174 Å². The standard InChI is InChI=1S/C25H20N2O3/c1-17-16-21(13-14-22(17)27-25(29)23-8-5-15-30-23)26-24(28)20-11-9-19(10-12-20)18-6-3-2-4-7-18/h2-16H,1H3,(H,26,28)(H,27,29). The molecule has 4 aromatic rings. The second-order valence-electron chi connectivity index (χ2n) is 6.86. The largest absolute Gasteiger partial charge is 0.459 e. The Hall–Kier alpha value is -4.12. The van der Waals surface area contributed by atoms with Gasteiger partial charge in [-0.05, 0) is 66.1 Å². The van der Waals surface area contributed by atoms with Gasteiger partial charge in [0.15, 0.2) is 5.76 Å². The molecule has 2 N–H and O–H groups in total. The second-order valence-corrected chi connectivity index (χ2v) is 6.86. The summed E-state index contributed by atoms with van der Waals surface area (Å²) in [6.07, 6.45) is 1.45. The van der Waals surface area contributed by atoms with Crippen LogP contribution in [0.3, 0.4) is 0 Å². The van der Waals surface area contributed by atoms with E-state index >= 15 is 0 Å². The van der Waals surface area contributed by atoms with E-state index < -0.39 is 0 Å². The first-order valence-electron chi connectivity index (χ1n) is 9.52. The summed E-state index contributed by atoms with van der Waals surface area (Å²) in [5.74, 6) is -0.273. The number of nitrogens with one attached hydrogen (secondary N) is 2. The van der Waals surface area contributed by atoms with Crippen LogP contribution in [-0.2, 0) is 0 Å². The summed E-state index contributed by atoms with van der Waals surface area (Å²) >= 11 is 0. The highest BCUT2D eigenvalue weighted by atomic mass is 16.3. The molecule has 0 aliphatic rings. The molecular formula is C25H20N2O3. The van der Waals surface area contributed by atoms with Crippen LogP contribution in [0.5, 0.6) is 0 Å². The lowest BCUT2D eigenvalue weighted by Gasteiger charge is -2.11. The summed E-state index contributed by atoms with van der Waals surface area (Å²) in [5.41, 5.74) is 4.86. The number of aryl methyl sites for hydroxylation is 1. The van der Waals surface area contributed by atoms with Crippen LogP contribution in [-0.4, -0.2) is 11.8 Å². The smallest absolute Gasteiger partial charge is 0.291 e. The van der Waals surface area contributed by atoms with Crippen molar-refractivity contribution in [3.8, 4) is 11.1 Å². The Bertz CT molecular complexity index is 1170. The summed E-state index contributed by atoms with van der Waals surface area (Å²) in [7, 11) is 0. The van der Waals surface area contributed by atoms with E-state index in [4.69, 9.17) is 4.42 Å². The number of furan rings is 1. The highest BCUT2D eigenvalue weighted by Crippen LogP contribution is 2.22. The SMILES string of the molecule is Cc1cc(NC(=O)c2ccc(-c3ccccc3)cc2)ccc1NC(=O)c1ccco1. The Morgan fingerprint density at radius 1 is 0.733 bits per heavy atom. The third-order valence-electron chi connectivity index (χ3n) is 4.73. The minimum absolute atomic E-state index is 0.193. The van der Waals surface area contributed by atoms with Crippen LogP contribution in [0, 0.1) is 6.92 Å². The molecule has 0 unspecified atom stereocenters. The van der Waals surface area contributed by atoms with Crippen molar-refractivity contribution in [2.45, 2.75) is 6.92 Å². The van der Waals surface area contributed by atoms with Crippen molar-refractivity contribution in [2.24, 2.45) is 0 Å². The molecule has 2 amide bonds. The zero-order valence-electron chi connectivity index (χ0n) is 16.4. The van der Waals surface area contributed by atoms with Gasteiger partial charge in [-0.25, -0.2) is 0 Å². The van der Waals surface area contributed by atoms with Crippen LogP contribution in [0.4, 0.5) is 11.4 Å². The van der Waals surface area contributed by atoms with E-state index in [9.17, 15) is 9.59 Å². The molecular weight excluding hydrogens is 376 g/mol. The van der Waals surface area contributed by atoms with E-state index in [0.717, 1.165) is 16.7 Å². The molecule has 1 heterocycles. The van der Waals surface area contributed by atoms with E-state index in [2.05, 4.69) is 10.6 Å². The van der Waals surface area contributed by atoms with Crippen LogP contribution in [0.15, 0.2) is 95.6 Å². The maximum Gasteiger partial charge on any atom is 0.291 e. The minimum atomic E-state index is -0.321. The average Bonchev–Trinajstić information content (AvgIpc) is 3.31. The Morgan fingerprint density at radius 3 is 2.13 bits per heavy atom. The predicted octanol–water partition coefficient (Wildman–Crippen LogP) is 5.76. The van der Waals surface area contributed by atoms with Crippen LogP contribution < -0.4 is 10.6 Å². The van der Waals surface area contributed by atoms with Gasteiger partial charge in [0.25, 0.3) is 11.8 Å². The van der Waals surface area contributed by atoms with Crippen molar-refractivity contribution < 1.29 is 14.0 Å². The number of anilines is 2. The topological polar surface area (TPSA) is 71.3 Å². The van der Waals surface area contributed by atoms with E-state index in [-0.39, 0.29) is 17.6 Å². The number of carbonyl (C=O) groups is 2. The fraction of sp³-hybridized carbons (Fsp3) is 0.0400. The third kappa shape index (κ3) is 4.31. The number of hydrogen-bond acceptors (Lipinski definition) is 3. The second kappa shape index (κ2) is 8.49. The van der Waals surface area contributed by atoms with Crippen LogP contribution >= 0.6 is 0 Å². The number of hydrogen-bond donors (Lipinski definition) is 2. The molecule has 3 aromatic carbocycles. The van der Waals surface area contributed by atoms with E-state index in [0.29, 0.717) is 16.9 Å². The number of benzene rings is 3.